The van der Waals surface area contributed by atoms with Crippen LogP contribution < -0.4 is 10.1 Å². The molecule has 0 amide bonds. The molecule has 0 fully saturated rings. The summed E-state index contributed by atoms with van der Waals surface area (Å²) < 4.78 is 7.36. The van der Waals surface area contributed by atoms with Crippen molar-refractivity contribution in [2.24, 2.45) is 0 Å². The van der Waals surface area contributed by atoms with Crippen molar-refractivity contribution in [2.75, 3.05) is 11.9 Å². The maximum atomic E-state index is 11.1. The molecule has 0 saturated carbocycles. The SMILES string of the molecule is CCOc1cc(NC(C)c2cn(C(C)(C)C)nc2C)ccc1[N+](=O)[O-]. The molecule has 1 aromatic heterocycles. The number of anilines is 1. The van der Waals surface area contributed by atoms with Gasteiger partial charge >= 0.3 is 5.69 Å². The zero-order valence-electron chi connectivity index (χ0n) is 15.7. The van der Waals surface area contributed by atoms with Crippen molar-refractivity contribution in [2.45, 2.75) is 53.1 Å². The number of nitrogens with zero attached hydrogens (tertiary/aromatic N) is 3. The molecule has 1 atom stereocenters. The molecule has 1 unspecified atom stereocenters. The van der Waals surface area contributed by atoms with Crippen molar-refractivity contribution in [1.82, 2.24) is 9.78 Å². The van der Waals surface area contributed by atoms with Crippen LogP contribution in [0, 0.1) is 17.0 Å². The first kappa shape index (κ1) is 18.8. The van der Waals surface area contributed by atoms with E-state index in [-0.39, 0.29) is 23.0 Å². The number of rotatable bonds is 6. The van der Waals surface area contributed by atoms with Gasteiger partial charge in [-0.3, -0.25) is 14.8 Å². The number of nitro benzene ring substituents is 1. The second kappa shape index (κ2) is 7.13. The maximum Gasteiger partial charge on any atom is 0.311 e. The molecule has 0 spiro atoms. The van der Waals surface area contributed by atoms with Crippen LogP contribution in [0.4, 0.5) is 11.4 Å². The van der Waals surface area contributed by atoms with E-state index in [1.54, 1.807) is 19.1 Å². The first-order valence-electron chi connectivity index (χ1n) is 8.38. The number of hydrogen-bond acceptors (Lipinski definition) is 5. The molecule has 2 rings (SSSR count). The van der Waals surface area contributed by atoms with E-state index >= 15 is 0 Å². The van der Waals surface area contributed by atoms with E-state index in [2.05, 4.69) is 31.2 Å². The Morgan fingerprint density at radius 1 is 1.40 bits per heavy atom. The lowest BCUT2D eigenvalue weighted by atomic mass is 10.1. The first-order chi connectivity index (χ1) is 11.6. The minimum absolute atomic E-state index is 0.00651. The van der Waals surface area contributed by atoms with E-state index in [4.69, 9.17) is 4.74 Å². The fraction of sp³-hybridized carbons (Fsp3) is 0.500. The molecule has 0 aliphatic rings. The molecule has 136 valence electrons. The van der Waals surface area contributed by atoms with Gasteiger partial charge in [0.2, 0.25) is 0 Å². The van der Waals surface area contributed by atoms with E-state index < -0.39 is 4.92 Å². The number of nitro groups is 1. The predicted octanol–water partition coefficient (Wildman–Crippen LogP) is 4.43. The Hall–Kier alpha value is -2.57. The van der Waals surface area contributed by atoms with E-state index in [1.807, 2.05) is 24.7 Å². The van der Waals surface area contributed by atoms with Crippen LogP contribution in [-0.2, 0) is 5.54 Å². The summed E-state index contributed by atoms with van der Waals surface area (Å²) in [6, 6.07) is 4.83. The van der Waals surface area contributed by atoms with Crippen LogP contribution in [0.15, 0.2) is 24.4 Å². The highest BCUT2D eigenvalue weighted by Gasteiger charge is 2.20. The van der Waals surface area contributed by atoms with Gasteiger partial charge in [0.25, 0.3) is 0 Å². The highest BCUT2D eigenvalue weighted by Crippen LogP contribution is 2.32. The van der Waals surface area contributed by atoms with E-state index in [0.29, 0.717) is 6.61 Å². The van der Waals surface area contributed by atoms with Crippen molar-refractivity contribution in [3.8, 4) is 5.75 Å². The molecular weight excluding hydrogens is 320 g/mol. The van der Waals surface area contributed by atoms with Gasteiger partial charge in [-0.15, -0.1) is 0 Å². The summed E-state index contributed by atoms with van der Waals surface area (Å²) in [7, 11) is 0. The monoisotopic (exact) mass is 346 g/mol. The smallest absolute Gasteiger partial charge is 0.311 e. The molecule has 0 aliphatic heterocycles. The van der Waals surface area contributed by atoms with Gasteiger partial charge in [-0.05, 0) is 47.6 Å². The number of ether oxygens (including phenoxy) is 1. The average molecular weight is 346 g/mol. The maximum absolute atomic E-state index is 11.1. The van der Waals surface area contributed by atoms with E-state index in [9.17, 15) is 10.1 Å². The van der Waals surface area contributed by atoms with Gasteiger partial charge in [-0.1, -0.05) is 0 Å². The van der Waals surface area contributed by atoms with Gasteiger partial charge in [-0.25, -0.2) is 0 Å². The molecule has 1 heterocycles. The Morgan fingerprint density at radius 3 is 2.60 bits per heavy atom. The quantitative estimate of drug-likeness (QED) is 0.618. The van der Waals surface area contributed by atoms with Gasteiger partial charge in [0.15, 0.2) is 5.75 Å². The topological polar surface area (TPSA) is 82.2 Å². The van der Waals surface area contributed by atoms with Gasteiger partial charge in [-0.2, -0.15) is 5.10 Å². The number of nitrogens with one attached hydrogen (secondary N) is 1. The third kappa shape index (κ3) is 4.29. The Balaban J connectivity index is 2.26. The predicted molar refractivity (Wildman–Crippen MR) is 98.3 cm³/mol. The molecular formula is C18H26N4O3. The van der Waals surface area contributed by atoms with Crippen molar-refractivity contribution in [3.05, 3.63) is 45.8 Å². The number of aromatic nitrogens is 2. The Kier molecular flexibility index (Phi) is 5.35. The Labute approximate surface area is 148 Å². The van der Waals surface area contributed by atoms with Crippen LogP contribution in [0.25, 0.3) is 0 Å². The van der Waals surface area contributed by atoms with Gasteiger partial charge < -0.3 is 10.1 Å². The lowest BCUT2D eigenvalue weighted by Gasteiger charge is -2.19. The zero-order chi connectivity index (χ0) is 18.8. The lowest BCUT2D eigenvalue weighted by Crippen LogP contribution is -2.22. The standard InChI is InChI=1S/C18H26N4O3/c1-7-25-17-10-14(8-9-16(17)22(23)24)19-12(2)15-11-21(18(4,5)6)20-13(15)3/h8-12,19H,7H2,1-6H3. The fourth-order valence-electron chi connectivity index (χ4n) is 2.60. The number of benzene rings is 1. The first-order valence-corrected chi connectivity index (χ1v) is 8.38. The largest absolute Gasteiger partial charge is 0.487 e. The molecule has 0 radical (unpaired) electrons. The Morgan fingerprint density at radius 2 is 2.08 bits per heavy atom. The van der Waals surface area contributed by atoms with Crippen molar-refractivity contribution >= 4 is 11.4 Å². The summed E-state index contributed by atoms with van der Waals surface area (Å²) in [4.78, 5) is 10.7. The van der Waals surface area contributed by atoms with Crippen LogP contribution in [-0.4, -0.2) is 21.3 Å². The number of aryl methyl sites for hydroxylation is 1. The van der Waals surface area contributed by atoms with Crippen LogP contribution in [0.5, 0.6) is 5.75 Å². The van der Waals surface area contributed by atoms with Gasteiger partial charge in [0.05, 0.1) is 28.8 Å². The third-order valence-corrected chi connectivity index (χ3v) is 3.93. The third-order valence-electron chi connectivity index (χ3n) is 3.93. The minimum Gasteiger partial charge on any atom is -0.487 e. The van der Waals surface area contributed by atoms with Gasteiger partial charge in [0, 0.05) is 29.6 Å². The highest BCUT2D eigenvalue weighted by atomic mass is 16.6. The van der Waals surface area contributed by atoms with E-state index in [0.717, 1.165) is 16.9 Å². The van der Waals surface area contributed by atoms with Crippen molar-refractivity contribution in [1.29, 1.82) is 0 Å². The molecule has 0 aliphatic carbocycles. The molecule has 1 aromatic carbocycles. The molecule has 7 heteroatoms. The fourth-order valence-corrected chi connectivity index (χ4v) is 2.60. The highest BCUT2D eigenvalue weighted by molar-refractivity contribution is 5.58. The molecule has 2 aromatic rings. The summed E-state index contributed by atoms with van der Waals surface area (Å²) in [5.41, 5.74) is 2.70. The van der Waals surface area contributed by atoms with Crippen molar-refractivity contribution in [3.63, 3.8) is 0 Å². The summed E-state index contributed by atoms with van der Waals surface area (Å²) in [6.07, 6.45) is 2.04. The minimum atomic E-state index is -0.435. The van der Waals surface area contributed by atoms with Gasteiger partial charge in [0.1, 0.15) is 0 Å². The van der Waals surface area contributed by atoms with Crippen LogP contribution >= 0.6 is 0 Å². The molecule has 25 heavy (non-hydrogen) atoms. The van der Waals surface area contributed by atoms with Crippen LogP contribution in [0.2, 0.25) is 0 Å². The van der Waals surface area contributed by atoms with Crippen molar-refractivity contribution < 1.29 is 9.66 Å². The summed E-state index contributed by atoms with van der Waals surface area (Å²) in [5, 5.41) is 19.1. The number of hydrogen-bond donors (Lipinski definition) is 1. The second-order valence-electron chi connectivity index (χ2n) is 7.02. The van der Waals surface area contributed by atoms with Crippen LogP contribution in [0.3, 0.4) is 0 Å². The second-order valence-corrected chi connectivity index (χ2v) is 7.02. The molecule has 7 nitrogen and oxygen atoms in total. The molecule has 1 N–H and O–H groups in total. The Bertz CT molecular complexity index is 762. The summed E-state index contributed by atoms with van der Waals surface area (Å²) in [6.45, 7) is 12.5. The zero-order valence-corrected chi connectivity index (χ0v) is 15.7. The molecule has 0 saturated heterocycles. The normalized spacial score (nSPS) is 12.7. The average Bonchev–Trinajstić information content (AvgIpc) is 2.90. The van der Waals surface area contributed by atoms with Crippen LogP contribution in [0.1, 0.15) is 51.9 Å². The molecule has 0 bridgehead atoms. The summed E-state index contributed by atoms with van der Waals surface area (Å²) in [5.74, 6) is 0.270. The lowest BCUT2D eigenvalue weighted by molar-refractivity contribution is -0.385. The van der Waals surface area contributed by atoms with E-state index in [1.165, 1.54) is 6.07 Å². The summed E-state index contributed by atoms with van der Waals surface area (Å²) >= 11 is 0.